The number of carbonyl (C=O) groups excluding carboxylic acids is 1. The Morgan fingerprint density at radius 2 is 2.42 bits per heavy atom. The van der Waals surface area contributed by atoms with Crippen molar-refractivity contribution in [3.05, 3.63) is 35.7 Å². The summed E-state index contributed by atoms with van der Waals surface area (Å²) in [5.41, 5.74) is 2.09. The van der Waals surface area contributed by atoms with Gasteiger partial charge in [0.1, 0.15) is 12.4 Å². The third-order valence-corrected chi connectivity index (χ3v) is 3.24. The Morgan fingerprint density at radius 3 is 3.26 bits per heavy atom. The van der Waals surface area contributed by atoms with Gasteiger partial charge in [-0.3, -0.25) is 4.79 Å². The number of fused-ring (bicyclic) bond motifs is 1. The van der Waals surface area contributed by atoms with Crippen LogP contribution in [-0.2, 0) is 6.54 Å². The van der Waals surface area contributed by atoms with E-state index in [1.807, 2.05) is 18.2 Å². The van der Waals surface area contributed by atoms with Crippen molar-refractivity contribution < 1.29 is 9.53 Å². The highest BCUT2D eigenvalue weighted by molar-refractivity contribution is 6.99. The first kappa shape index (κ1) is 12.1. The van der Waals surface area contributed by atoms with E-state index in [1.54, 1.807) is 0 Å². The standard InChI is InChI=1S/C12H12N4O2S/c17-12(10-7-14-19-16-10)15-9-1-2-11-8(5-9)6-13-3-4-18-11/h1-2,5,7,13H,3-4,6H2,(H,15,17). The van der Waals surface area contributed by atoms with Crippen molar-refractivity contribution in [2.24, 2.45) is 0 Å². The van der Waals surface area contributed by atoms with Crippen molar-refractivity contribution in [3.63, 3.8) is 0 Å². The molecular weight excluding hydrogens is 264 g/mol. The number of nitrogens with zero attached hydrogens (tertiary/aromatic N) is 2. The Kier molecular flexibility index (Phi) is 3.39. The number of benzene rings is 1. The highest BCUT2D eigenvalue weighted by atomic mass is 32.1. The minimum atomic E-state index is -0.254. The highest BCUT2D eigenvalue weighted by Gasteiger charge is 2.12. The number of ether oxygens (including phenoxy) is 1. The Labute approximate surface area is 114 Å². The first-order chi connectivity index (χ1) is 9.33. The van der Waals surface area contributed by atoms with Gasteiger partial charge >= 0.3 is 0 Å². The molecule has 0 bridgehead atoms. The largest absolute Gasteiger partial charge is 0.492 e. The lowest BCUT2D eigenvalue weighted by Crippen LogP contribution is -2.16. The molecule has 7 heteroatoms. The molecule has 0 atom stereocenters. The molecular formula is C12H12N4O2S. The third kappa shape index (κ3) is 2.72. The fraction of sp³-hybridized carbons (Fsp3) is 0.250. The molecule has 0 radical (unpaired) electrons. The van der Waals surface area contributed by atoms with Crippen LogP contribution in [0, 0.1) is 0 Å². The van der Waals surface area contributed by atoms with E-state index in [0.29, 0.717) is 12.3 Å². The second-order valence-electron chi connectivity index (χ2n) is 4.09. The monoisotopic (exact) mass is 276 g/mol. The summed E-state index contributed by atoms with van der Waals surface area (Å²) in [6, 6.07) is 5.60. The summed E-state index contributed by atoms with van der Waals surface area (Å²) in [4.78, 5) is 11.9. The molecule has 0 spiro atoms. The normalized spacial score (nSPS) is 14.1. The Balaban J connectivity index is 1.78. The second kappa shape index (κ2) is 5.33. The Hall–Kier alpha value is -1.99. The molecule has 3 rings (SSSR count). The molecule has 0 unspecified atom stereocenters. The topological polar surface area (TPSA) is 76.1 Å². The zero-order valence-electron chi connectivity index (χ0n) is 10.0. The van der Waals surface area contributed by atoms with Crippen LogP contribution in [0.1, 0.15) is 16.1 Å². The van der Waals surface area contributed by atoms with Crippen molar-refractivity contribution in [3.8, 4) is 5.75 Å². The number of carbonyl (C=O) groups is 1. The van der Waals surface area contributed by atoms with E-state index in [1.165, 1.54) is 6.20 Å². The summed E-state index contributed by atoms with van der Waals surface area (Å²) < 4.78 is 13.3. The number of hydrogen-bond donors (Lipinski definition) is 2. The zero-order valence-corrected chi connectivity index (χ0v) is 10.9. The number of anilines is 1. The van der Waals surface area contributed by atoms with Gasteiger partial charge in [0.05, 0.1) is 17.9 Å². The van der Waals surface area contributed by atoms with Gasteiger partial charge in [0.15, 0.2) is 5.69 Å². The lowest BCUT2D eigenvalue weighted by Gasteiger charge is -2.09. The Bertz CT molecular complexity index is 585. The number of nitrogens with one attached hydrogen (secondary N) is 2. The summed E-state index contributed by atoms with van der Waals surface area (Å²) in [6.45, 7) is 2.21. The zero-order chi connectivity index (χ0) is 13.1. The van der Waals surface area contributed by atoms with E-state index in [2.05, 4.69) is 19.4 Å². The number of aromatic nitrogens is 2. The maximum Gasteiger partial charge on any atom is 0.277 e. The highest BCUT2D eigenvalue weighted by Crippen LogP contribution is 2.24. The number of hydrogen-bond acceptors (Lipinski definition) is 6. The van der Waals surface area contributed by atoms with Gasteiger partial charge in [-0.05, 0) is 18.2 Å². The second-order valence-corrected chi connectivity index (χ2v) is 4.65. The minimum absolute atomic E-state index is 0.254. The quantitative estimate of drug-likeness (QED) is 0.864. The molecule has 2 heterocycles. The maximum atomic E-state index is 11.9. The van der Waals surface area contributed by atoms with Crippen LogP contribution in [-0.4, -0.2) is 27.8 Å². The SMILES string of the molecule is O=C(Nc1ccc2c(c1)CNCCO2)c1cnsn1. The average Bonchev–Trinajstić information content (AvgIpc) is 2.85. The fourth-order valence-electron chi connectivity index (χ4n) is 1.85. The van der Waals surface area contributed by atoms with Crippen LogP contribution in [0.2, 0.25) is 0 Å². The summed E-state index contributed by atoms with van der Waals surface area (Å²) in [7, 11) is 0. The Morgan fingerprint density at radius 1 is 1.47 bits per heavy atom. The summed E-state index contributed by atoms with van der Waals surface area (Å²) in [5, 5.41) is 6.05. The van der Waals surface area contributed by atoms with Crippen LogP contribution in [0.3, 0.4) is 0 Å². The molecule has 98 valence electrons. The van der Waals surface area contributed by atoms with Crippen molar-refractivity contribution in [1.82, 2.24) is 14.1 Å². The van der Waals surface area contributed by atoms with Gasteiger partial charge in [0, 0.05) is 24.3 Å². The number of amides is 1. The summed E-state index contributed by atoms with van der Waals surface area (Å²) in [5.74, 6) is 0.606. The molecule has 2 N–H and O–H groups in total. The molecule has 0 fully saturated rings. The molecule has 1 aliphatic heterocycles. The van der Waals surface area contributed by atoms with E-state index in [0.717, 1.165) is 41.8 Å². The molecule has 0 saturated heterocycles. The van der Waals surface area contributed by atoms with Crippen LogP contribution in [0.5, 0.6) is 5.75 Å². The van der Waals surface area contributed by atoms with Gasteiger partial charge in [-0.2, -0.15) is 8.75 Å². The van der Waals surface area contributed by atoms with Gasteiger partial charge in [0.2, 0.25) is 0 Å². The van der Waals surface area contributed by atoms with Crippen molar-refractivity contribution in [1.29, 1.82) is 0 Å². The third-order valence-electron chi connectivity index (χ3n) is 2.76. The summed E-state index contributed by atoms with van der Waals surface area (Å²) >= 11 is 1.01. The molecule has 1 aromatic heterocycles. The first-order valence-electron chi connectivity index (χ1n) is 5.88. The predicted molar refractivity (Wildman–Crippen MR) is 71.5 cm³/mol. The molecule has 1 aliphatic rings. The molecule has 0 saturated carbocycles. The molecule has 6 nitrogen and oxygen atoms in total. The molecule has 1 aromatic carbocycles. The summed E-state index contributed by atoms with van der Waals surface area (Å²) in [6.07, 6.45) is 1.45. The van der Waals surface area contributed by atoms with E-state index in [-0.39, 0.29) is 5.91 Å². The van der Waals surface area contributed by atoms with Crippen LogP contribution in [0.15, 0.2) is 24.4 Å². The number of rotatable bonds is 2. The van der Waals surface area contributed by atoms with Gasteiger partial charge in [-0.25, -0.2) is 0 Å². The van der Waals surface area contributed by atoms with Crippen LogP contribution >= 0.6 is 11.7 Å². The van der Waals surface area contributed by atoms with Crippen molar-refractivity contribution >= 4 is 23.3 Å². The van der Waals surface area contributed by atoms with E-state index < -0.39 is 0 Å². The van der Waals surface area contributed by atoms with Crippen molar-refractivity contribution in [2.45, 2.75) is 6.54 Å². The molecule has 0 aliphatic carbocycles. The average molecular weight is 276 g/mol. The molecule has 19 heavy (non-hydrogen) atoms. The van der Waals surface area contributed by atoms with Gasteiger partial charge in [0.25, 0.3) is 5.91 Å². The smallest absolute Gasteiger partial charge is 0.277 e. The maximum absolute atomic E-state index is 11.9. The van der Waals surface area contributed by atoms with Crippen LogP contribution < -0.4 is 15.4 Å². The van der Waals surface area contributed by atoms with E-state index in [9.17, 15) is 4.79 Å². The van der Waals surface area contributed by atoms with Crippen LogP contribution in [0.4, 0.5) is 5.69 Å². The van der Waals surface area contributed by atoms with Gasteiger partial charge in [-0.15, -0.1) is 0 Å². The van der Waals surface area contributed by atoms with Crippen molar-refractivity contribution in [2.75, 3.05) is 18.5 Å². The van der Waals surface area contributed by atoms with E-state index >= 15 is 0 Å². The van der Waals surface area contributed by atoms with Crippen LogP contribution in [0.25, 0.3) is 0 Å². The lowest BCUT2D eigenvalue weighted by atomic mass is 10.1. The molecule has 2 aromatic rings. The molecule has 1 amide bonds. The van der Waals surface area contributed by atoms with Gasteiger partial charge < -0.3 is 15.4 Å². The lowest BCUT2D eigenvalue weighted by molar-refractivity contribution is 0.102. The van der Waals surface area contributed by atoms with E-state index in [4.69, 9.17) is 4.74 Å². The first-order valence-corrected chi connectivity index (χ1v) is 6.61. The minimum Gasteiger partial charge on any atom is -0.492 e. The predicted octanol–water partition coefficient (Wildman–Crippen LogP) is 1.27. The fourth-order valence-corrected chi connectivity index (χ4v) is 2.26. The van der Waals surface area contributed by atoms with Gasteiger partial charge in [-0.1, -0.05) is 0 Å².